The van der Waals surface area contributed by atoms with Gasteiger partial charge in [-0.15, -0.1) is 0 Å². The van der Waals surface area contributed by atoms with Gasteiger partial charge in [-0.05, 0) is 12.7 Å². The van der Waals surface area contributed by atoms with E-state index in [1.165, 1.54) is 16.3 Å². The molecule has 0 radical (unpaired) electrons. The zero-order valence-corrected chi connectivity index (χ0v) is 10.8. The molecule has 0 aliphatic heterocycles. The third-order valence-electron chi connectivity index (χ3n) is 0.729. The van der Waals surface area contributed by atoms with Gasteiger partial charge >= 0.3 is 30.0 Å². The topological polar surface area (TPSA) is 26.3 Å². The first-order chi connectivity index (χ1) is 4.77. The molecule has 0 unspecified atom stereocenters. The first kappa shape index (κ1) is 13.2. The molecular weight excluding hydrogens is 249 g/mol. The number of halogens is 1. The zero-order chi connectivity index (χ0) is 8.41. The Labute approximate surface area is 78.7 Å². The van der Waals surface area contributed by atoms with Crippen LogP contribution in [-0.2, 0) is 25.9 Å². The van der Waals surface area contributed by atoms with E-state index in [0.29, 0.717) is 19.6 Å². The molecule has 0 bridgehead atoms. The van der Waals surface area contributed by atoms with Gasteiger partial charge in [0.05, 0.1) is 6.61 Å². The number of rotatable bonds is 4. The second-order valence-corrected chi connectivity index (χ2v) is 1.49. The SMILES string of the molecule is [CH2-]C(=O)CCOCC.[Zn+][Br]. The Kier molecular flexibility index (Phi) is 16.2. The summed E-state index contributed by atoms with van der Waals surface area (Å²) in [6, 6.07) is 0. The molecule has 0 aliphatic carbocycles. The predicted molar refractivity (Wildman–Crippen MR) is 40.4 cm³/mol. The van der Waals surface area contributed by atoms with Gasteiger partial charge in [-0.3, -0.25) is 0 Å². The number of carbonyl (C=O) groups is 1. The summed E-state index contributed by atoms with van der Waals surface area (Å²) < 4.78 is 4.88. The molecule has 0 amide bonds. The number of Topliss-reactive ketones (excluding diaryl/α,β-unsaturated/α-hetero) is 1. The van der Waals surface area contributed by atoms with E-state index < -0.39 is 0 Å². The zero-order valence-electron chi connectivity index (χ0n) is 6.23. The molecule has 4 heteroatoms. The van der Waals surface area contributed by atoms with Crippen LogP contribution in [-0.4, -0.2) is 19.0 Å². The third kappa shape index (κ3) is 15.8. The fourth-order valence-electron chi connectivity index (χ4n) is 0.330. The Bertz CT molecular complexity index is 78.1. The van der Waals surface area contributed by atoms with Crippen LogP contribution in [0.4, 0.5) is 0 Å². The van der Waals surface area contributed by atoms with Gasteiger partial charge in [0.25, 0.3) is 0 Å². The first-order valence-corrected chi connectivity index (χ1v) is 9.91. The Morgan fingerprint density at radius 1 is 1.70 bits per heavy atom. The van der Waals surface area contributed by atoms with E-state index in [0.717, 1.165) is 0 Å². The maximum atomic E-state index is 10.1. The minimum absolute atomic E-state index is 0.0570. The van der Waals surface area contributed by atoms with Crippen molar-refractivity contribution in [1.29, 1.82) is 0 Å². The summed E-state index contributed by atoms with van der Waals surface area (Å²) in [6.45, 7) is 6.27. The van der Waals surface area contributed by atoms with E-state index in [1.54, 1.807) is 0 Å². The normalized spacial score (nSPS) is 8.00. The maximum absolute atomic E-state index is 10.1. The summed E-state index contributed by atoms with van der Waals surface area (Å²) in [5, 5.41) is 0. The second kappa shape index (κ2) is 12.3. The van der Waals surface area contributed by atoms with Crippen molar-refractivity contribution in [2.75, 3.05) is 13.2 Å². The monoisotopic (exact) mass is 258 g/mol. The van der Waals surface area contributed by atoms with Crippen LogP contribution in [0.3, 0.4) is 0 Å². The number of ketones is 1. The molecule has 0 aromatic carbocycles. The molecule has 0 aromatic heterocycles. The van der Waals surface area contributed by atoms with E-state index in [1.807, 2.05) is 6.92 Å². The van der Waals surface area contributed by atoms with Crippen molar-refractivity contribution in [3.8, 4) is 0 Å². The van der Waals surface area contributed by atoms with Gasteiger partial charge in [0.15, 0.2) is 0 Å². The third-order valence-corrected chi connectivity index (χ3v) is 0.729. The fourth-order valence-corrected chi connectivity index (χ4v) is 0.330. The molecule has 0 aliphatic rings. The average molecular weight is 260 g/mol. The number of hydrogen-bond donors (Lipinski definition) is 0. The number of carbonyl (C=O) groups excluding carboxylic acids is 1. The quantitative estimate of drug-likeness (QED) is 0.436. The molecule has 0 saturated heterocycles. The minimum atomic E-state index is -0.0570. The van der Waals surface area contributed by atoms with Gasteiger partial charge < -0.3 is 16.5 Å². The molecule has 0 spiro atoms. The van der Waals surface area contributed by atoms with Crippen molar-refractivity contribution >= 4 is 19.4 Å². The van der Waals surface area contributed by atoms with Crippen molar-refractivity contribution in [3.05, 3.63) is 6.92 Å². The van der Waals surface area contributed by atoms with Gasteiger partial charge in [-0.1, -0.05) is 0 Å². The summed E-state index contributed by atoms with van der Waals surface area (Å²) in [5.74, 6) is -0.0570. The molecule has 0 saturated carbocycles. The summed E-state index contributed by atoms with van der Waals surface area (Å²) in [7, 11) is 0. The summed E-state index contributed by atoms with van der Waals surface area (Å²) in [5.41, 5.74) is 0. The van der Waals surface area contributed by atoms with E-state index >= 15 is 0 Å². The van der Waals surface area contributed by atoms with Crippen LogP contribution in [0.1, 0.15) is 13.3 Å². The summed E-state index contributed by atoms with van der Waals surface area (Å²) in [6.07, 6.45) is 0.438. The number of hydrogen-bond acceptors (Lipinski definition) is 2. The Morgan fingerprint density at radius 3 is 2.50 bits per heavy atom. The van der Waals surface area contributed by atoms with Crippen molar-refractivity contribution in [3.63, 3.8) is 0 Å². The van der Waals surface area contributed by atoms with Gasteiger partial charge in [0, 0.05) is 13.0 Å². The fraction of sp³-hybridized carbons (Fsp3) is 0.667. The van der Waals surface area contributed by atoms with Gasteiger partial charge in [-0.2, -0.15) is 0 Å². The van der Waals surface area contributed by atoms with Crippen LogP contribution >= 0.6 is 13.6 Å². The van der Waals surface area contributed by atoms with Crippen LogP contribution in [0, 0.1) is 6.92 Å². The van der Waals surface area contributed by atoms with Crippen molar-refractivity contribution in [2.24, 2.45) is 0 Å². The van der Waals surface area contributed by atoms with Crippen LogP contribution in [0.5, 0.6) is 0 Å². The first-order valence-electron chi connectivity index (χ1n) is 2.96. The summed E-state index contributed by atoms with van der Waals surface area (Å²) >= 11 is 4.25. The van der Waals surface area contributed by atoms with Crippen LogP contribution < -0.4 is 0 Å². The molecule has 0 N–H and O–H groups in total. The van der Waals surface area contributed by atoms with Crippen molar-refractivity contribution in [1.82, 2.24) is 0 Å². The predicted octanol–water partition coefficient (Wildman–Crippen LogP) is 1.66. The van der Waals surface area contributed by atoms with Gasteiger partial charge in [0.1, 0.15) is 0 Å². The van der Waals surface area contributed by atoms with Crippen molar-refractivity contribution in [2.45, 2.75) is 13.3 Å². The molecular formula is C6H11BrO2Zn. The van der Waals surface area contributed by atoms with E-state index in [4.69, 9.17) is 4.74 Å². The average Bonchev–Trinajstić information content (AvgIpc) is 1.92. The van der Waals surface area contributed by atoms with E-state index in [9.17, 15) is 4.79 Å². The Morgan fingerprint density at radius 2 is 2.20 bits per heavy atom. The molecule has 0 aromatic rings. The molecule has 2 nitrogen and oxygen atoms in total. The van der Waals surface area contributed by atoms with Gasteiger partial charge in [-0.25, -0.2) is 0 Å². The van der Waals surface area contributed by atoms with Crippen LogP contribution in [0.2, 0.25) is 0 Å². The molecule has 0 fully saturated rings. The summed E-state index contributed by atoms with van der Waals surface area (Å²) in [4.78, 5) is 10.1. The molecule has 56 valence electrons. The molecule has 0 rings (SSSR count). The van der Waals surface area contributed by atoms with Crippen LogP contribution in [0.25, 0.3) is 0 Å². The van der Waals surface area contributed by atoms with Crippen molar-refractivity contribution < 1.29 is 25.9 Å². The molecule has 0 heterocycles. The Balaban J connectivity index is 0. The standard InChI is InChI=1S/C6H11O2.BrH.Zn/c1-3-8-5-4-6(2)7;;/h2-5H2,1H3;1H;/q-1;;+2/p-1. The van der Waals surface area contributed by atoms with Crippen LogP contribution in [0.15, 0.2) is 0 Å². The molecule has 10 heavy (non-hydrogen) atoms. The second-order valence-electron chi connectivity index (χ2n) is 1.49. The van der Waals surface area contributed by atoms with Gasteiger partial charge in [0.2, 0.25) is 0 Å². The van der Waals surface area contributed by atoms with E-state index in [-0.39, 0.29) is 5.78 Å². The van der Waals surface area contributed by atoms with E-state index in [2.05, 4.69) is 20.5 Å². The molecule has 0 atom stereocenters. The Hall–Kier alpha value is 0.603. The number of ether oxygens (including phenoxy) is 1.